The zero-order valence-electron chi connectivity index (χ0n) is 14.8. The van der Waals surface area contributed by atoms with Gasteiger partial charge < -0.3 is 19.1 Å². The Morgan fingerprint density at radius 2 is 1.88 bits per heavy atom. The van der Waals surface area contributed by atoms with Crippen molar-refractivity contribution < 1.29 is 23.8 Å². The number of esters is 1. The molecule has 7 heteroatoms. The first-order valence-electron chi connectivity index (χ1n) is 7.82. The van der Waals surface area contributed by atoms with Gasteiger partial charge in [-0.15, -0.1) is 0 Å². The molecule has 0 saturated carbocycles. The van der Waals surface area contributed by atoms with Gasteiger partial charge in [0.05, 0.1) is 14.2 Å². The van der Waals surface area contributed by atoms with E-state index in [1.165, 1.54) is 31.3 Å². The lowest BCUT2D eigenvalue weighted by molar-refractivity contribution is -0.132. The number of carbonyl (C=O) groups excluding carboxylic acids is 2. The van der Waals surface area contributed by atoms with Gasteiger partial charge in [0.25, 0.3) is 5.91 Å². The highest BCUT2D eigenvalue weighted by Gasteiger charge is 2.17. The number of nitrogens with zero attached hydrogens (tertiary/aromatic N) is 1. The Morgan fingerprint density at radius 1 is 1.12 bits per heavy atom. The number of methoxy groups -OCH3 is 2. The molecule has 0 aliphatic heterocycles. The standard InChI is InChI=1S/C19H20ClNO5/c1-21(11-13-5-4-6-14(20)9-13)18(22)12-26-17-10-15(24-2)7-8-16(17)19(23)25-3/h4-10H,11-12H2,1-3H3. The van der Waals surface area contributed by atoms with Crippen LogP contribution in [0.1, 0.15) is 15.9 Å². The fourth-order valence-corrected chi connectivity index (χ4v) is 2.49. The van der Waals surface area contributed by atoms with Gasteiger partial charge in [-0.3, -0.25) is 4.79 Å². The van der Waals surface area contributed by atoms with Crippen LogP contribution in [0.4, 0.5) is 0 Å². The fourth-order valence-electron chi connectivity index (χ4n) is 2.27. The summed E-state index contributed by atoms with van der Waals surface area (Å²) in [5.74, 6) is -0.0703. The molecule has 0 unspecified atom stereocenters. The third-order valence-corrected chi connectivity index (χ3v) is 3.91. The van der Waals surface area contributed by atoms with E-state index in [9.17, 15) is 9.59 Å². The van der Waals surface area contributed by atoms with Gasteiger partial charge in [0.15, 0.2) is 6.61 Å². The highest BCUT2D eigenvalue weighted by molar-refractivity contribution is 6.30. The van der Waals surface area contributed by atoms with Crippen LogP contribution in [-0.4, -0.2) is 44.7 Å². The number of rotatable bonds is 7. The summed E-state index contributed by atoms with van der Waals surface area (Å²) >= 11 is 5.95. The van der Waals surface area contributed by atoms with Crippen LogP contribution in [-0.2, 0) is 16.1 Å². The SMILES string of the molecule is COC(=O)c1ccc(OC)cc1OCC(=O)N(C)Cc1cccc(Cl)c1. The topological polar surface area (TPSA) is 65.1 Å². The van der Waals surface area contributed by atoms with Crippen molar-refractivity contribution in [1.29, 1.82) is 0 Å². The number of likely N-dealkylation sites (N-methyl/N-ethyl adjacent to an activating group) is 1. The summed E-state index contributed by atoms with van der Waals surface area (Å²) in [6.45, 7) is 0.166. The van der Waals surface area contributed by atoms with Gasteiger partial charge in [-0.1, -0.05) is 23.7 Å². The third-order valence-electron chi connectivity index (χ3n) is 3.68. The summed E-state index contributed by atoms with van der Waals surface area (Å²) in [5, 5.41) is 0.610. The Labute approximate surface area is 157 Å². The second-order valence-electron chi connectivity index (χ2n) is 5.52. The predicted octanol–water partition coefficient (Wildman–Crippen LogP) is 3.17. The van der Waals surface area contributed by atoms with Crippen molar-refractivity contribution in [3.05, 3.63) is 58.6 Å². The van der Waals surface area contributed by atoms with Gasteiger partial charge in [-0.25, -0.2) is 4.79 Å². The Morgan fingerprint density at radius 3 is 2.54 bits per heavy atom. The fraction of sp³-hybridized carbons (Fsp3) is 0.263. The minimum atomic E-state index is -0.553. The third kappa shape index (κ3) is 5.13. The largest absolute Gasteiger partial charge is 0.497 e. The van der Waals surface area contributed by atoms with Crippen molar-refractivity contribution >= 4 is 23.5 Å². The Kier molecular flexibility index (Phi) is 6.86. The van der Waals surface area contributed by atoms with Crippen LogP contribution in [0.2, 0.25) is 5.02 Å². The number of benzene rings is 2. The van der Waals surface area contributed by atoms with Crippen molar-refractivity contribution in [1.82, 2.24) is 4.90 Å². The van der Waals surface area contributed by atoms with E-state index in [-0.39, 0.29) is 23.8 Å². The van der Waals surface area contributed by atoms with Gasteiger partial charge in [0.2, 0.25) is 0 Å². The minimum Gasteiger partial charge on any atom is -0.497 e. The first kappa shape index (κ1) is 19.6. The summed E-state index contributed by atoms with van der Waals surface area (Å²) in [4.78, 5) is 25.7. The molecule has 0 saturated heterocycles. The molecule has 0 radical (unpaired) electrons. The molecule has 0 spiro atoms. The molecule has 0 N–H and O–H groups in total. The molecule has 26 heavy (non-hydrogen) atoms. The lowest BCUT2D eigenvalue weighted by Crippen LogP contribution is -2.31. The quantitative estimate of drug-likeness (QED) is 0.693. The molecule has 0 bridgehead atoms. The molecule has 6 nitrogen and oxygen atoms in total. The van der Waals surface area contributed by atoms with Gasteiger partial charge in [-0.05, 0) is 29.8 Å². The van der Waals surface area contributed by atoms with E-state index < -0.39 is 5.97 Å². The molecule has 2 aromatic carbocycles. The maximum atomic E-state index is 12.3. The van der Waals surface area contributed by atoms with Gasteiger partial charge in [0.1, 0.15) is 17.1 Å². The van der Waals surface area contributed by atoms with Crippen LogP contribution in [0, 0.1) is 0 Å². The van der Waals surface area contributed by atoms with E-state index >= 15 is 0 Å². The lowest BCUT2D eigenvalue weighted by atomic mass is 10.2. The normalized spacial score (nSPS) is 10.2. The number of carbonyl (C=O) groups is 2. The number of amides is 1. The van der Waals surface area contributed by atoms with E-state index in [0.717, 1.165) is 5.56 Å². The molecule has 1 amide bonds. The molecule has 138 valence electrons. The molecule has 0 atom stereocenters. The lowest BCUT2D eigenvalue weighted by Gasteiger charge is -2.18. The molecular weight excluding hydrogens is 358 g/mol. The second-order valence-corrected chi connectivity index (χ2v) is 5.96. The Balaban J connectivity index is 2.04. The maximum absolute atomic E-state index is 12.3. The van der Waals surface area contributed by atoms with Crippen LogP contribution in [0.5, 0.6) is 11.5 Å². The monoisotopic (exact) mass is 377 g/mol. The van der Waals surface area contributed by atoms with E-state index in [4.69, 9.17) is 25.8 Å². The van der Waals surface area contributed by atoms with Gasteiger partial charge in [-0.2, -0.15) is 0 Å². The van der Waals surface area contributed by atoms with Crippen LogP contribution >= 0.6 is 11.6 Å². The predicted molar refractivity (Wildman–Crippen MR) is 97.8 cm³/mol. The summed E-state index contributed by atoms with van der Waals surface area (Å²) in [7, 11) is 4.44. The number of hydrogen-bond donors (Lipinski definition) is 0. The van der Waals surface area contributed by atoms with Crippen molar-refractivity contribution in [2.75, 3.05) is 27.9 Å². The smallest absolute Gasteiger partial charge is 0.341 e. The summed E-state index contributed by atoms with van der Waals surface area (Å²) in [6, 6.07) is 12.0. The Bertz CT molecular complexity index is 793. The van der Waals surface area contributed by atoms with E-state index in [0.29, 0.717) is 17.3 Å². The molecule has 2 aromatic rings. The van der Waals surface area contributed by atoms with Crippen molar-refractivity contribution in [2.45, 2.75) is 6.54 Å². The van der Waals surface area contributed by atoms with Crippen molar-refractivity contribution in [3.8, 4) is 11.5 Å². The van der Waals surface area contributed by atoms with E-state index in [1.54, 1.807) is 25.2 Å². The zero-order chi connectivity index (χ0) is 19.1. The molecule has 0 aromatic heterocycles. The van der Waals surface area contributed by atoms with E-state index in [2.05, 4.69) is 0 Å². The number of hydrogen-bond acceptors (Lipinski definition) is 5. The first-order chi connectivity index (χ1) is 12.4. The maximum Gasteiger partial charge on any atom is 0.341 e. The summed E-state index contributed by atoms with van der Waals surface area (Å²) < 4.78 is 15.4. The highest BCUT2D eigenvalue weighted by atomic mass is 35.5. The number of ether oxygens (including phenoxy) is 3. The van der Waals surface area contributed by atoms with Crippen molar-refractivity contribution in [2.24, 2.45) is 0 Å². The van der Waals surface area contributed by atoms with Crippen molar-refractivity contribution in [3.63, 3.8) is 0 Å². The van der Waals surface area contributed by atoms with Gasteiger partial charge >= 0.3 is 5.97 Å². The molecule has 0 heterocycles. The Hall–Kier alpha value is -2.73. The molecule has 2 rings (SSSR count). The average Bonchev–Trinajstić information content (AvgIpc) is 2.65. The molecule has 0 fully saturated rings. The second kappa shape index (κ2) is 9.10. The average molecular weight is 378 g/mol. The molecule has 0 aliphatic rings. The highest BCUT2D eigenvalue weighted by Crippen LogP contribution is 2.25. The van der Waals surface area contributed by atoms with E-state index in [1.807, 2.05) is 12.1 Å². The van der Waals surface area contributed by atoms with Crippen LogP contribution in [0.3, 0.4) is 0 Å². The molecular formula is C19H20ClNO5. The minimum absolute atomic E-state index is 0.221. The van der Waals surface area contributed by atoms with Crippen LogP contribution in [0.15, 0.2) is 42.5 Å². The summed E-state index contributed by atoms with van der Waals surface area (Å²) in [5.41, 5.74) is 1.13. The zero-order valence-corrected chi connectivity index (χ0v) is 15.6. The van der Waals surface area contributed by atoms with Gasteiger partial charge in [0, 0.05) is 24.7 Å². The van der Waals surface area contributed by atoms with Crippen LogP contribution in [0.25, 0.3) is 0 Å². The molecule has 0 aliphatic carbocycles. The summed E-state index contributed by atoms with van der Waals surface area (Å²) in [6.07, 6.45) is 0. The first-order valence-corrected chi connectivity index (χ1v) is 8.20. The number of halogens is 1. The van der Waals surface area contributed by atoms with Crippen LogP contribution < -0.4 is 9.47 Å².